The van der Waals surface area contributed by atoms with Crippen LogP contribution >= 0.6 is 0 Å². The molecule has 33 heavy (non-hydrogen) atoms. The third-order valence-electron chi connectivity index (χ3n) is 4.89. The van der Waals surface area contributed by atoms with Crippen LogP contribution in [-0.4, -0.2) is 32.3 Å². The number of rotatable bonds is 8. The molecule has 1 heterocycles. The van der Waals surface area contributed by atoms with Crippen LogP contribution in [-0.2, 0) is 16.0 Å². The number of benzene rings is 2. The van der Waals surface area contributed by atoms with Gasteiger partial charge in [0.2, 0.25) is 0 Å². The number of hydrogen-bond donors (Lipinski definition) is 0. The topological polar surface area (TPSA) is 101 Å². The summed E-state index contributed by atoms with van der Waals surface area (Å²) in [5.41, 5.74) is 1.29. The minimum Gasteiger partial charge on any atom is -0.497 e. The molecule has 0 saturated heterocycles. The molecule has 0 aliphatic carbocycles. The highest BCUT2D eigenvalue weighted by Gasteiger charge is 2.18. The summed E-state index contributed by atoms with van der Waals surface area (Å²) in [5, 5.41) is 0.685. The fourth-order valence-corrected chi connectivity index (χ4v) is 3.32. The van der Waals surface area contributed by atoms with Gasteiger partial charge in [0.25, 0.3) is 0 Å². The number of ether oxygens (including phenoxy) is 4. The first kappa shape index (κ1) is 23.8. The van der Waals surface area contributed by atoms with Crippen molar-refractivity contribution in [2.45, 2.75) is 39.7 Å². The molecule has 3 aromatic rings. The molecule has 0 saturated carbocycles. The number of carbonyl (C=O) groups excluding carboxylic acids is 2. The molecule has 1 aromatic heterocycles. The van der Waals surface area contributed by atoms with Crippen LogP contribution in [0.4, 0.5) is 0 Å². The number of hydrogen-bond acceptors (Lipinski definition) is 8. The minimum absolute atomic E-state index is 0.0943. The van der Waals surface area contributed by atoms with Gasteiger partial charge in [0.05, 0.1) is 25.9 Å². The molecule has 8 nitrogen and oxygen atoms in total. The third-order valence-corrected chi connectivity index (χ3v) is 4.89. The Hall–Kier alpha value is -3.81. The summed E-state index contributed by atoms with van der Waals surface area (Å²) in [4.78, 5) is 36.9. The molecule has 8 heteroatoms. The fraction of sp³-hybridized carbons (Fsp3) is 0.320. The van der Waals surface area contributed by atoms with Gasteiger partial charge in [0.1, 0.15) is 22.8 Å². The highest BCUT2D eigenvalue weighted by molar-refractivity contribution is 5.93. The van der Waals surface area contributed by atoms with Crippen LogP contribution < -0.4 is 19.8 Å². The van der Waals surface area contributed by atoms with E-state index in [2.05, 4.69) is 0 Å². The zero-order chi connectivity index (χ0) is 24.1. The van der Waals surface area contributed by atoms with Gasteiger partial charge in [-0.05, 0) is 56.5 Å². The minimum atomic E-state index is -0.660. The van der Waals surface area contributed by atoms with Gasteiger partial charge < -0.3 is 23.4 Å². The lowest BCUT2D eigenvalue weighted by molar-refractivity contribution is -0.147. The van der Waals surface area contributed by atoms with Crippen molar-refractivity contribution in [2.24, 2.45) is 0 Å². The SMILES string of the molecule is COc1cc(OC)cc(C(=O)Oc2cc3oc(=O)cc(C)c3cc2CCC(=O)OC(C)C)c1. The average molecular weight is 454 g/mol. The third kappa shape index (κ3) is 5.91. The second-order valence-electron chi connectivity index (χ2n) is 7.73. The smallest absolute Gasteiger partial charge is 0.343 e. The van der Waals surface area contributed by atoms with Gasteiger partial charge in [0, 0.05) is 30.0 Å². The summed E-state index contributed by atoms with van der Waals surface area (Å²) in [6.45, 7) is 5.33. The molecular formula is C25H26O8. The maximum atomic E-state index is 12.9. The zero-order valence-electron chi connectivity index (χ0n) is 19.2. The van der Waals surface area contributed by atoms with Crippen LogP contribution in [0.5, 0.6) is 17.2 Å². The monoisotopic (exact) mass is 454 g/mol. The maximum absolute atomic E-state index is 12.9. The Morgan fingerprint density at radius 2 is 1.64 bits per heavy atom. The van der Waals surface area contributed by atoms with Crippen molar-refractivity contribution in [3.8, 4) is 17.2 Å². The summed E-state index contributed by atoms with van der Waals surface area (Å²) in [6, 6.07) is 9.31. The van der Waals surface area contributed by atoms with Gasteiger partial charge >= 0.3 is 17.6 Å². The molecule has 3 rings (SSSR count). The Morgan fingerprint density at radius 1 is 0.970 bits per heavy atom. The first-order chi connectivity index (χ1) is 15.7. The van der Waals surface area contributed by atoms with Gasteiger partial charge in [-0.15, -0.1) is 0 Å². The first-order valence-electron chi connectivity index (χ1n) is 10.4. The largest absolute Gasteiger partial charge is 0.497 e. The van der Waals surface area contributed by atoms with Crippen LogP contribution in [0.25, 0.3) is 11.0 Å². The number of carbonyl (C=O) groups is 2. The van der Waals surface area contributed by atoms with Gasteiger partial charge in [0.15, 0.2) is 0 Å². The molecule has 0 bridgehead atoms. The van der Waals surface area contributed by atoms with Crippen molar-refractivity contribution in [3.05, 3.63) is 63.5 Å². The molecule has 0 N–H and O–H groups in total. The van der Waals surface area contributed by atoms with Gasteiger partial charge in [-0.1, -0.05) is 0 Å². The molecule has 174 valence electrons. The first-order valence-corrected chi connectivity index (χ1v) is 10.4. The second-order valence-corrected chi connectivity index (χ2v) is 7.73. The molecule has 0 unspecified atom stereocenters. The van der Waals surface area contributed by atoms with E-state index in [9.17, 15) is 14.4 Å². The van der Waals surface area contributed by atoms with Crippen molar-refractivity contribution in [2.75, 3.05) is 14.2 Å². The molecule has 2 aromatic carbocycles. The van der Waals surface area contributed by atoms with Crippen molar-refractivity contribution in [1.82, 2.24) is 0 Å². The lowest BCUT2D eigenvalue weighted by atomic mass is 10.0. The molecule has 0 aliphatic heterocycles. The Bertz CT molecular complexity index is 1220. The summed E-state index contributed by atoms with van der Waals surface area (Å²) in [5.74, 6) is 0.0142. The van der Waals surface area contributed by atoms with Gasteiger partial charge in [-0.3, -0.25) is 4.79 Å². The Labute approximate surface area is 191 Å². The van der Waals surface area contributed by atoms with E-state index in [-0.39, 0.29) is 41.8 Å². The maximum Gasteiger partial charge on any atom is 0.343 e. The van der Waals surface area contributed by atoms with Crippen LogP contribution in [0.1, 0.15) is 41.8 Å². The lowest BCUT2D eigenvalue weighted by Crippen LogP contribution is -2.13. The number of esters is 2. The molecule has 0 aliphatic rings. The van der Waals surface area contributed by atoms with E-state index in [4.69, 9.17) is 23.4 Å². The van der Waals surface area contributed by atoms with Crippen molar-refractivity contribution in [1.29, 1.82) is 0 Å². The molecular weight excluding hydrogens is 428 g/mol. The number of aryl methyl sites for hydroxylation is 2. The summed E-state index contributed by atoms with van der Waals surface area (Å²) in [6.07, 6.45) is 0.132. The van der Waals surface area contributed by atoms with E-state index < -0.39 is 11.6 Å². The molecule has 0 amide bonds. The normalized spacial score (nSPS) is 10.8. The van der Waals surface area contributed by atoms with Crippen molar-refractivity contribution in [3.63, 3.8) is 0 Å². The average Bonchev–Trinajstić information content (AvgIpc) is 2.76. The molecule has 0 radical (unpaired) electrons. The van der Waals surface area contributed by atoms with E-state index in [1.807, 2.05) is 0 Å². The summed E-state index contributed by atoms with van der Waals surface area (Å²) < 4.78 is 26.6. The standard InChI is InChI=1S/C25H26O8/c1-14(2)31-23(26)7-6-16-11-20-15(3)8-24(27)32-22(20)13-21(16)33-25(28)17-9-18(29-4)12-19(10-17)30-5/h8-14H,6-7H2,1-5H3. The van der Waals surface area contributed by atoms with Crippen molar-refractivity contribution >= 4 is 22.9 Å². The zero-order valence-corrected chi connectivity index (χ0v) is 19.2. The summed E-state index contributed by atoms with van der Waals surface area (Å²) in [7, 11) is 2.96. The highest BCUT2D eigenvalue weighted by atomic mass is 16.5. The Kier molecular flexibility index (Phi) is 7.37. The molecule has 0 fully saturated rings. The van der Waals surface area contributed by atoms with E-state index in [0.717, 1.165) is 0 Å². The van der Waals surface area contributed by atoms with Crippen LogP contribution in [0.15, 0.2) is 45.6 Å². The molecule has 0 spiro atoms. The van der Waals surface area contributed by atoms with Crippen molar-refractivity contribution < 1.29 is 33.0 Å². The van der Waals surface area contributed by atoms with Crippen LogP contribution in [0, 0.1) is 6.92 Å². The second kappa shape index (κ2) is 10.2. The lowest BCUT2D eigenvalue weighted by Gasteiger charge is -2.14. The number of fused-ring (bicyclic) bond motifs is 1. The quantitative estimate of drug-likeness (QED) is 0.283. The predicted octanol–water partition coefficient (Wildman–Crippen LogP) is 4.22. The summed E-state index contributed by atoms with van der Waals surface area (Å²) >= 11 is 0. The van der Waals surface area contributed by atoms with E-state index in [1.165, 1.54) is 38.5 Å². The Balaban J connectivity index is 1.99. The van der Waals surface area contributed by atoms with Crippen LogP contribution in [0.2, 0.25) is 0 Å². The predicted molar refractivity (Wildman–Crippen MR) is 121 cm³/mol. The van der Waals surface area contributed by atoms with Crippen LogP contribution in [0.3, 0.4) is 0 Å². The fourth-order valence-electron chi connectivity index (χ4n) is 3.32. The number of methoxy groups -OCH3 is 2. The van der Waals surface area contributed by atoms with Gasteiger partial charge in [-0.2, -0.15) is 0 Å². The van der Waals surface area contributed by atoms with Gasteiger partial charge in [-0.25, -0.2) is 9.59 Å². The van der Waals surface area contributed by atoms with E-state index >= 15 is 0 Å². The van der Waals surface area contributed by atoms with E-state index in [0.29, 0.717) is 28.0 Å². The van der Waals surface area contributed by atoms with E-state index in [1.54, 1.807) is 32.9 Å². The molecule has 0 atom stereocenters. The highest BCUT2D eigenvalue weighted by Crippen LogP contribution is 2.30. The Morgan fingerprint density at radius 3 is 2.24 bits per heavy atom.